The summed E-state index contributed by atoms with van der Waals surface area (Å²) in [4.78, 5) is 0. The summed E-state index contributed by atoms with van der Waals surface area (Å²) >= 11 is 0. The molecule has 3 nitrogen and oxygen atoms in total. The van der Waals surface area contributed by atoms with Crippen LogP contribution in [0.1, 0.15) is 40.2 Å². The van der Waals surface area contributed by atoms with Crippen LogP contribution in [0.15, 0.2) is 18.2 Å². The molecule has 1 aromatic carbocycles. The van der Waals surface area contributed by atoms with Gasteiger partial charge in [0.2, 0.25) is 0 Å². The predicted octanol–water partition coefficient (Wildman–Crippen LogP) is 2.23. The highest BCUT2D eigenvalue weighted by atomic mass is 19.1. The minimum atomic E-state index is -0.524. The number of nitrogens with one attached hydrogen (secondary N) is 1. The van der Waals surface area contributed by atoms with Gasteiger partial charge in [0.25, 0.3) is 0 Å². The zero-order valence-corrected chi connectivity index (χ0v) is 12.9. The van der Waals surface area contributed by atoms with Crippen LogP contribution < -0.4 is 10.8 Å². The first kappa shape index (κ1) is 15.5. The molecule has 0 aromatic heterocycles. The minimum Gasteiger partial charge on any atom is -0.399 e. The Kier molecular flexibility index (Phi) is 4.23. The van der Waals surface area contributed by atoms with E-state index in [-0.39, 0.29) is 5.82 Å². The van der Waals surface area contributed by atoms with Crippen molar-refractivity contribution in [1.29, 1.82) is 0 Å². The zero-order chi connectivity index (χ0) is 15.0. The standard InChI is InChI=1S/C15H23BFNO2/c1-6-18-10-11-12(8-7-9-13(11)17)16-19-14(2,3)15(4,5)20-16/h7-9,18H,6,10H2,1-5H3. The number of halogens is 1. The van der Waals surface area contributed by atoms with Crippen molar-refractivity contribution >= 4 is 12.6 Å². The highest BCUT2D eigenvalue weighted by molar-refractivity contribution is 6.62. The number of rotatable bonds is 4. The average Bonchev–Trinajstić information content (AvgIpc) is 2.56. The molecule has 0 amide bonds. The van der Waals surface area contributed by atoms with Crippen LogP contribution in [0, 0.1) is 5.82 Å². The Morgan fingerprint density at radius 3 is 2.30 bits per heavy atom. The van der Waals surface area contributed by atoms with Crippen molar-refractivity contribution in [3.05, 3.63) is 29.6 Å². The second-order valence-corrected chi connectivity index (χ2v) is 6.18. The molecule has 0 bridgehead atoms. The largest absolute Gasteiger partial charge is 0.495 e. The van der Waals surface area contributed by atoms with E-state index >= 15 is 0 Å². The van der Waals surface area contributed by atoms with E-state index in [0.717, 1.165) is 12.0 Å². The Bertz CT molecular complexity index is 475. The first-order valence-corrected chi connectivity index (χ1v) is 7.12. The third-order valence-corrected chi connectivity index (χ3v) is 4.21. The fraction of sp³-hybridized carbons (Fsp3) is 0.600. The summed E-state index contributed by atoms with van der Waals surface area (Å²) in [6.07, 6.45) is 0. The van der Waals surface area contributed by atoms with Gasteiger partial charge in [-0.2, -0.15) is 0 Å². The topological polar surface area (TPSA) is 30.5 Å². The molecule has 1 aliphatic rings. The fourth-order valence-electron chi connectivity index (χ4n) is 2.20. The second kappa shape index (κ2) is 5.47. The summed E-state index contributed by atoms with van der Waals surface area (Å²) < 4.78 is 26.1. The average molecular weight is 279 g/mol. The lowest BCUT2D eigenvalue weighted by molar-refractivity contribution is 0.00578. The van der Waals surface area contributed by atoms with E-state index in [9.17, 15) is 4.39 Å². The van der Waals surface area contributed by atoms with E-state index in [0.29, 0.717) is 12.1 Å². The summed E-state index contributed by atoms with van der Waals surface area (Å²) in [5.74, 6) is -0.224. The summed E-state index contributed by atoms with van der Waals surface area (Å²) in [6, 6.07) is 5.05. The maximum atomic E-state index is 14.1. The van der Waals surface area contributed by atoms with Crippen molar-refractivity contribution in [3.8, 4) is 0 Å². The Morgan fingerprint density at radius 1 is 1.15 bits per heavy atom. The third kappa shape index (κ3) is 2.75. The minimum absolute atomic E-state index is 0.224. The highest BCUT2D eigenvalue weighted by Gasteiger charge is 2.52. The van der Waals surface area contributed by atoms with E-state index in [1.54, 1.807) is 6.07 Å². The second-order valence-electron chi connectivity index (χ2n) is 6.18. The van der Waals surface area contributed by atoms with E-state index in [2.05, 4.69) is 5.32 Å². The number of hydrogen-bond acceptors (Lipinski definition) is 3. The summed E-state index contributed by atoms with van der Waals surface area (Å²) in [5, 5.41) is 3.16. The van der Waals surface area contributed by atoms with Gasteiger partial charge in [-0.3, -0.25) is 0 Å². The monoisotopic (exact) mass is 279 g/mol. The molecule has 0 spiro atoms. The maximum Gasteiger partial charge on any atom is 0.495 e. The van der Waals surface area contributed by atoms with Gasteiger partial charge < -0.3 is 14.6 Å². The molecule has 5 heteroatoms. The number of benzene rings is 1. The van der Waals surface area contributed by atoms with Crippen molar-refractivity contribution in [2.45, 2.75) is 52.4 Å². The summed E-state index contributed by atoms with van der Waals surface area (Å²) in [5.41, 5.74) is 0.552. The van der Waals surface area contributed by atoms with Crippen molar-refractivity contribution in [2.24, 2.45) is 0 Å². The summed E-state index contributed by atoms with van der Waals surface area (Å²) in [6.45, 7) is 11.2. The van der Waals surface area contributed by atoms with Crippen LogP contribution in [0.2, 0.25) is 0 Å². The van der Waals surface area contributed by atoms with E-state index in [1.165, 1.54) is 6.07 Å². The first-order chi connectivity index (χ1) is 9.28. The lowest BCUT2D eigenvalue weighted by Crippen LogP contribution is -2.41. The van der Waals surface area contributed by atoms with Gasteiger partial charge in [0.1, 0.15) is 5.82 Å². The molecular formula is C15H23BFNO2. The van der Waals surface area contributed by atoms with Gasteiger partial charge in [-0.05, 0) is 45.8 Å². The van der Waals surface area contributed by atoms with Gasteiger partial charge in [-0.1, -0.05) is 19.1 Å². The molecule has 1 aliphatic heterocycles. The van der Waals surface area contributed by atoms with Gasteiger partial charge >= 0.3 is 7.12 Å². The molecule has 0 aliphatic carbocycles. The molecule has 1 heterocycles. The van der Waals surface area contributed by atoms with Crippen LogP contribution in [0.3, 0.4) is 0 Å². The van der Waals surface area contributed by atoms with Gasteiger partial charge in [0.05, 0.1) is 11.2 Å². The molecule has 0 atom stereocenters. The lowest BCUT2D eigenvalue weighted by atomic mass is 9.75. The normalized spacial score (nSPS) is 20.4. The van der Waals surface area contributed by atoms with Crippen molar-refractivity contribution in [1.82, 2.24) is 5.32 Å². The Hall–Kier alpha value is -0.905. The molecule has 2 rings (SSSR count). The SMILES string of the molecule is CCNCc1c(F)cccc1B1OC(C)(C)C(C)(C)O1. The fourth-order valence-corrected chi connectivity index (χ4v) is 2.20. The van der Waals surface area contributed by atoms with Crippen molar-refractivity contribution in [3.63, 3.8) is 0 Å². The van der Waals surface area contributed by atoms with E-state index in [1.807, 2.05) is 40.7 Å². The zero-order valence-electron chi connectivity index (χ0n) is 12.9. The molecule has 1 N–H and O–H groups in total. The quantitative estimate of drug-likeness (QED) is 0.857. The Balaban J connectivity index is 2.32. The predicted molar refractivity (Wildman–Crippen MR) is 79.5 cm³/mol. The van der Waals surface area contributed by atoms with Crippen molar-refractivity contribution in [2.75, 3.05) is 6.54 Å². The molecule has 1 aromatic rings. The van der Waals surface area contributed by atoms with Crippen LogP contribution in [-0.4, -0.2) is 24.9 Å². The van der Waals surface area contributed by atoms with E-state index < -0.39 is 18.3 Å². The maximum absolute atomic E-state index is 14.1. The van der Waals surface area contributed by atoms with E-state index in [4.69, 9.17) is 9.31 Å². The number of hydrogen-bond donors (Lipinski definition) is 1. The van der Waals surface area contributed by atoms with Crippen LogP contribution in [0.5, 0.6) is 0 Å². The molecular weight excluding hydrogens is 256 g/mol. The molecule has 1 fully saturated rings. The highest BCUT2D eigenvalue weighted by Crippen LogP contribution is 2.36. The molecule has 0 radical (unpaired) electrons. The Morgan fingerprint density at radius 2 is 1.75 bits per heavy atom. The van der Waals surface area contributed by atoms with Gasteiger partial charge in [-0.15, -0.1) is 0 Å². The third-order valence-electron chi connectivity index (χ3n) is 4.21. The van der Waals surface area contributed by atoms with Gasteiger partial charge in [0.15, 0.2) is 0 Å². The molecule has 0 unspecified atom stereocenters. The Labute approximate surface area is 121 Å². The van der Waals surface area contributed by atoms with Crippen LogP contribution in [-0.2, 0) is 15.9 Å². The molecule has 0 saturated carbocycles. The van der Waals surface area contributed by atoms with Gasteiger partial charge in [-0.25, -0.2) is 4.39 Å². The van der Waals surface area contributed by atoms with Crippen LogP contribution >= 0.6 is 0 Å². The summed E-state index contributed by atoms with van der Waals surface area (Å²) in [7, 11) is -0.524. The van der Waals surface area contributed by atoms with Crippen molar-refractivity contribution < 1.29 is 13.7 Å². The first-order valence-electron chi connectivity index (χ1n) is 7.12. The van der Waals surface area contributed by atoms with Gasteiger partial charge in [0, 0.05) is 12.1 Å². The smallest absolute Gasteiger partial charge is 0.399 e. The van der Waals surface area contributed by atoms with Crippen LogP contribution in [0.4, 0.5) is 4.39 Å². The lowest BCUT2D eigenvalue weighted by Gasteiger charge is -2.32. The molecule has 1 saturated heterocycles. The molecule has 20 heavy (non-hydrogen) atoms. The van der Waals surface area contributed by atoms with Crippen LogP contribution in [0.25, 0.3) is 0 Å². The molecule has 110 valence electrons.